The van der Waals surface area contributed by atoms with Gasteiger partial charge in [0.1, 0.15) is 0 Å². The highest BCUT2D eigenvalue weighted by molar-refractivity contribution is 5.56. The molecule has 0 atom stereocenters. The lowest BCUT2D eigenvalue weighted by Gasteiger charge is -2.26. The van der Waals surface area contributed by atoms with E-state index in [1.54, 1.807) is 0 Å². The molecule has 5 heteroatoms. The number of fused-ring (bicyclic) bond motifs is 1. The van der Waals surface area contributed by atoms with Crippen molar-refractivity contribution in [3.8, 4) is 0 Å². The third kappa shape index (κ3) is 1.95. The second kappa shape index (κ2) is 4.49. The Bertz CT molecular complexity index is 462. The van der Waals surface area contributed by atoms with Crippen LogP contribution in [0.2, 0.25) is 0 Å². The molecule has 3 rings (SSSR count). The summed E-state index contributed by atoms with van der Waals surface area (Å²) >= 11 is 0. The summed E-state index contributed by atoms with van der Waals surface area (Å²) in [5.74, 6) is 0.479. The molecule has 1 aromatic heterocycles. The SMILES string of the molecule is O=c1[nH]nc(C2CCNCC2)c2c1CCCN2. The number of aromatic nitrogens is 2. The number of rotatable bonds is 1. The lowest BCUT2D eigenvalue weighted by molar-refractivity contribution is 0.450. The van der Waals surface area contributed by atoms with Gasteiger partial charge in [-0.2, -0.15) is 5.10 Å². The van der Waals surface area contributed by atoms with Crippen LogP contribution >= 0.6 is 0 Å². The van der Waals surface area contributed by atoms with E-state index < -0.39 is 0 Å². The molecule has 3 heterocycles. The van der Waals surface area contributed by atoms with Gasteiger partial charge in [0.05, 0.1) is 11.4 Å². The number of hydrogen-bond acceptors (Lipinski definition) is 4. The van der Waals surface area contributed by atoms with Crippen LogP contribution in [-0.2, 0) is 6.42 Å². The first-order valence-electron chi connectivity index (χ1n) is 6.42. The minimum Gasteiger partial charge on any atom is -0.383 e. The predicted molar refractivity (Wildman–Crippen MR) is 66.5 cm³/mol. The fourth-order valence-electron chi connectivity index (χ4n) is 2.81. The van der Waals surface area contributed by atoms with Crippen LogP contribution in [0.5, 0.6) is 0 Å². The third-order valence-electron chi connectivity index (χ3n) is 3.74. The van der Waals surface area contributed by atoms with Crippen LogP contribution in [0.15, 0.2) is 4.79 Å². The Balaban J connectivity index is 2.01. The number of hydrogen-bond donors (Lipinski definition) is 3. The Morgan fingerprint density at radius 1 is 1.18 bits per heavy atom. The average molecular weight is 234 g/mol. The maximum Gasteiger partial charge on any atom is 0.269 e. The van der Waals surface area contributed by atoms with Gasteiger partial charge in [-0.1, -0.05) is 0 Å². The zero-order chi connectivity index (χ0) is 11.7. The van der Waals surface area contributed by atoms with Gasteiger partial charge in [0.2, 0.25) is 0 Å². The van der Waals surface area contributed by atoms with Crippen molar-refractivity contribution in [1.82, 2.24) is 15.5 Å². The fourth-order valence-corrected chi connectivity index (χ4v) is 2.81. The van der Waals surface area contributed by atoms with E-state index in [1.807, 2.05) is 0 Å². The topological polar surface area (TPSA) is 69.8 Å². The first kappa shape index (κ1) is 10.8. The summed E-state index contributed by atoms with van der Waals surface area (Å²) < 4.78 is 0. The van der Waals surface area contributed by atoms with E-state index in [9.17, 15) is 4.79 Å². The van der Waals surface area contributed by atoms with E-state index in [2.05, 4.69) is 20.8 Å². The van der Waals surface area contributed by atoms with Gasteiger partial charge in [0.25, 0.3) is 5.56 Å². The number of H-pyrrole nitrogens is 1. The van der Waals surface area contributed by atoms with Gasteiger partial charge in [-0.05, 0) is 38.8 Å². The normalized spacial score (nSPS) is 20.7. The molecule has 0 aromatic carbocycles. The number of anilines is 1. The van der Waals surface area contributed by atoms with Crippen LogP contribution < -0.4 is 16.2 Å². The van der Waals surface area contributed by atoms with Gasteiger partial charge in [-0.3, -0.25) is 4.79 Å². The van der Waals surface area contributed by atoms with E-state index in [1.165, 1.54) is 0 Å². The van der Waals surface area contributed by atoms with Crippen LogP contribution in [0.25, 0.3) is 0 Å². The Morgan fingerprint density at radius 3 is 2.82 bits per heavy atom. The molecule has 2 aliphatic rings. The van der Waals surface area contributed by atoms with Crippen molar-refractivity contribution in [2.45, 2.75) is 31.6 Å². The summed E-state index contributed by atoms with van der Waals surface area (Å²) in [5.41, 5.74) is 2.97. The van der Waals surface area contributed by atoms with E-state index in [0.29, 0.717) is 5.92 Å². The molecule has 5 nitrogen and oxygen atoms in total. The smallest absolute Gasteiger partial charge is 0.269 e. The average Bonchev–Trinajstić information content (AvgIpc) is 2.41. The number of nitrogens with zero attached hydrogens (tertiary/aromatic N) is 1. The predicted octanol–water partition coefficient (Wildman–Crippen LogP) is 0.595. The molecule has 1 fully saturated rings. The van der Waals surface area contributed by atoms with Gasteiger partial charge < -0.3 is 10.6 Å². The highest BCUT2D eigenvalue weighted by atomic mass is 16.1. The second-order valence-electron chi connectivity index (χ2n) is 4.85. The lowest BCUT2D eigenvalue weighted by atomic mass is 9.91. The summed E-state index contributed by atoms with van der Waals surface area (Å²) in [7, 11) is 0. The van der Waals surface area contributed by atoms with Crippen LogP contribution in [-0.4, -0.2) is 29.8 Å². The maximum absolute atomic E-state index is 11.7. The van der Waals surface area contributed by atoms with Crippen molar-refractivity contribution in [3.63, 3.8) is 0 Å². The fraction of sp³-hybridized carbons (Fsp3) is 0.667. The van der Waals surface area contributed by atoms with Crippen molar-refractivity contribution in [2.75, 3.05) is 25.0 Å². The lowest BCUT2D eigenvalue weighted by Crippen LogP contribution is -2.30. The zero-order valence-electron chi connectivity index (χ0n) is 9.88. The summed E-state index contributed by atoms with van der Waals surface area (Å²) in [5, 5.41) is 13.7. The largest absolute Gasteiger partial charge is 0.383 e. The van der Waals surface area contributed by atoms with Crippen molar-refractivity contribution in [1.29, 1.82) is 0 Å². The van der Waals surface area contributed by atoms with Crippen LogP contribution in [0.3, 0.4) is 0 Å². The van der Waals surface area contributed by atoms with Crippen molar-refractivity contribution < 1.29 is 0 Å². The quantitative estimate of drug-likeness (QED) is 0.665. The molecule has 0 aliphatic carbocycles. The number of aromatic amines is 1. The third-order valence-corrected chi connectivity index (χ3v) is 3.74. The zero-order valence-corrected chi connectivity index (χ0v) is 9.88. The molecular weight excluding hydrogens is 216 g/mol. The summed E-state index contributed by atoms with van der Waals surface area (Å²) in [4.78, 5) is 11.7. The number of piperidine rings is 1. The van der Waals surface area contributed by atoms with E-state index >= 15 is 0 Å². The standard InChI is InChI=1S/C12H18N4O/c17-12-9-2-1-5-14-11(9)10(15-16-12)8-3-6-13-7-4-8/h8,13-14H,1-7H2,(H,16,17). The Labute approximate surface area is 100 Å². The van der Waals surface area contributed by atoms with Gasteiger partial charge in [0.15, 0.2) is 0 Å². The molecule has 0 unspecified atom stereocenters. The molecule has 2 aliphatic heterocycles. The van der Waals surface area contributed by atoms with Gasteiger partial charge in [0, 0.05) is 18.0 Å². The molecule has 3 N–H and O–H groups in total. The summed E-state index contributed by atoms with van der Waals surface area (Å²) in [6.07, 6.45) is 4.12. The Hall–Kier alpha value is -1.36. The second-order valence-corrected chi connectivity index (χ2v) is 4.85. The molecule has 17 heavy (non-hydrogen) atoms. The first-order chi connectivity index (χ1) is 8.36. The minimum atomic E-state index is -0.0233. The van der Waals surface area contributed by atoms with Gasteiger partial charge >= 0.3 is 0 Å². The van der Waals surface area contributed by atoms with Crippen molar-refractivity contribution in [2.24, 2.45) is 0 Å². The summed E-state index contributed by atoms with van der Waals surface area (Å²) in [6, 6.07) is 0. The van der Waals surface area contributed by atoms with E-state index in [0.717, 1.165) is 62.3 Å². The van der Waals surface area contributed by atoms with Crippen molar-refractivity contribution >= 4 is 5.69 Å². The van der Waals surface area contributed by atoms with Crippen molar-refractivity contribution in [3.05, 3.63) is 21.6 Å². The molecule has 92 valence electrons. The molecule has 0 radical (unpaired) electrons. The maximum atomic E-state index is 11.7. The number of nitrogens with one attached hydrogen (secondary N) is 3. The first-order valence-corrected chi connectivity index (χ1v) is 6.42. The molecule has 1 saturated heterocycles. The van der Waals surface area contributed by atoms with Crippen LogP contribution in [0.1, 0.15) is 36.4 Å². The van der Waals surface area contributed by atoms with Crippen LogP contribution in [0, 0.1) is 0 Å². The molecular formula is C12H18N4O. The minimum absolute atomic E-state index is 0.0233. The highest BCUT2D eigenvalue weighted by Gasteiger charge is 2.24. The molecule has 0 bridgehead atoms. The summed E-state index contributed by atoms with van der Waals surface area (Å²) in [6.45, 7) is 3.04. The van der Waals surface area contributed by atoms with E-state index in [4.69, 9.17) is 0 Å². The highest BCUT2D eigenvalue weighted by Crippen LogP contribution is 2.31. The Morgan fingerprint density at radius 2 is 2.00 bits per heavy atom. The molecule has 1 aromatic rings. The van der Waals surface area contributed by atoms with Gasteiger partial charge in [-0.15, -0.1) is 0 Å². The van der Waals surface area contributed by atoms with Crippen LogP contribution in [0.4, 0.5) is 5.69 Å². The van der Waals surface area contributed by atoms with E-state index in [-0.39, 0.29) is 5.56 Å². The monoisotopic (exact) mass is 234 g/mol. The Kier molecular flexibility index (Phi) is 2.84. The van der Waals surface area contributed by atoms with Gasteiger partial charge in [-0.25, -0.2) is 5.10 Å². The molecule has 0 spiro atoms. The molecule has 0 saturated carbocycles. The molecule has 0 amide bonds.